The van der Waals surface area contributed by atoms with Gasteiger partial charge in [-0.3, -0.25) is 0 Å². The minimum absolute atomic E-state index is 0.685. The molecule has 4 rings (SSSR count). The number of anilines is 1. The zero-order valence-electron chi connectivity index (χ0n) is 11.6. The molecule has 0 aromatic heterocycles. The van der Waals surface area contributed by atoms with Crippen molar-refractivity contribution in [1.82, 2.24) is 0 Å². The van der Waals surface area contributed by atoms with E-state index in [2.05, 4.69) is 47.4 Å². The van der Waals surface area contributed by atoms with Crippen LogP contribution >= 0.6 is 0 Å². The second kappa shape index (κ2) is 4.86. The molecule has 0 amide bonds. The standard InChI is InChI=1S/C18H19NO/c1-4-10-19(11-5-1)17-13-18-16(9-6-12-20-18)14-7-2-3-8-15(14)17/h2-3,6-9,13H,1,4-5,10-12H2. The number of nitrogens with zero attached hydrogens (tertiary/aromatic N) is 1. The van der Waals surface area contributed by atoms with Crippen LogP contribution in [0.5, 0.6) is 5.75 Å². The van der Waals surface area contributed by atoms with Crippen LogP contribution in [0.25, 0.3) is 16.8 Å². The van der Waals surface area contributed by atoms with Gasteiger partial charge in [0.05, 0.1) is 0 Å². The molecule has 1 fully saturated rings. The summed E-state index contributed by atoms with van der Waals surface area (Å²) in [7, 11) is 0. The van der Waals surface area contributed by atoms with Crippen molar-refractivity contribution >= 4 is 22.5 Å². The Balaban J connectivity index is 1.94. The molecule has 2 aromatic carbocycles. The van der Waals surface area contributed by atoms with Crippen LogP contribution in [0.4, 0.5) is 5.69 Å². The van der Waals surface area contributed by atoms with Crippen molar-refractivity contribution in [3.8, 4) is 5.75 Å². The zero-order chi connectivity index (χ0) is 13.4. The van der Waals surface area contributed by atoms with Crippen LogP contribution in [0.1, 0.15) is 24.8 Å². The summed E-state index contributed by atoms with van der Waals surface area (Å²) in [6.45, 7) is 3.02. The minimum atomic E-state index is 0.685. The molecule has 0 radical (unpaired) electrons. The average molecular weight is 265 g/mol. The van der Waals surface area contributed by atoms with E-state index in [4.69, 9.17) is 4.74 Å². The van der Waals surface area contributed by atoms with Gasteiger partial charge in [-0.2, -0.15) is 0 Å². The Kier molecular flexibility index (Phi) is 2.87. The van der Waals surface area contributed by atoms with Crippen molar-refractivity contribution in [2.75, 3.05) is 24.6 Å². The van der Waals surface area contributed by atoms with Crippen molar-refractivity contribution in [3.63, 3.8) is 0 Å². The predicted octanol–water partition coefficient (Wildman–Crippen LogP) is 4.24. The summed E-state index contributed by atoms with van der Waals surface area (Å²) < 4.78 is 5.85. The van der Waals surface area contributed by atoms with Crippen molar-refractivity contribution in [3.05, 3.63) is 42.0 Å². The summed E-state index contributed by atoms with van der Waals surface area (Å²) in [5.74, 6) is 1.03. The van der Waals surface area contributed by atoms with Crippen LogP contribution in [0.2, 0.25) is 0 Å². The van der Waals surface area contributed by atoms with Gasteiger partial charge in [-0.15, -0.1) is 0 Å². The maximum Gasteiger partial charge on any atom is 0.129 e. The highest BCUT2D eigenvalue weighted by Gasteiger charge is 2.18. The fourth-order valence-corrected chi connectivity index (χ4v) is 3.35. The number of hydrogen-bond donors (Lipinski definition) is 0. The molecule has 0 spiro atoms. The molecule has 2 heteroatoms. The average Bonchev–Trinajstić information content (AvgIpc) is 2.55. The van der Waals surface area contributed by atoms with Crippen molar-refractivity contribution in [2.45, 2.75) is 19.3 Å². The molecule has 0 unspecified atom stereocenters. The Morgan fingerprint density at radius 3 is 2.60 bits per heavy atom. The zero-order valence-corrected chi connectivity index (χ0v) is 11.6. The Bertz CT molecular complexity index is 668. The topological polar surface area (TPSA) is 12.5 Å². The van der Waals surface area contributed by atoms with Crippen LogP contribution in [0.15, 0.2) is 36.4 Å². The van der Waals surface area contributed by atoms with E-state index in [1.165, 1.54) is 54.4 Å². The molecule has 2 heterocycles. The molecule has 2 aromatic rings. The van der Waals surface area contributed by atoms with Gasteiger partial charge in [0.15, 0.2) is 0 Å². The van der Waals surface area contributed by atoms with Crippen LogP contribution in [0, 0.1) is 0 Å². The van der Waals surface area contributed by atoms with E-state index in [-0.39, 0.29) is 0 Å². The van der Waals surface area contributed by atoms with Crippen LogP contribution in [-0.2, 0) is 0 Å². The molecular weight excluding hydrogens is 246 g/mol. The monoisotopic (exact) mass is 265 g/mol. The SMILES string of the molecule is C1=Cc2c(cc(N3CCCCC3)c3ccccc23)OC1. The van der Waals surface area contributed by atoms with Gasteiger partial charge < -0.3 is 9.64 Å². The summed E-state index contributed by atoms with van der Waals surface area (Å²) in [6, 6.07) is 10.9. The first-order chi connectivity index (χ1) is 9.93. The molecule has 20 heavy (non-hydrogen) atoms. The van der Waals surface area contributed by atoms with Crippen LogP contribution in [-0.4, -0.2) is 19.7 Å². The first-order valence-electron chi connectivity index (χ1n) is 7.53. The third-order valence-electron chi connectivity index (χ3n) is 4.34. The van der Waals surface area contributed by atoms with Crippen LogP contribution in [0.3, 0.4) is 0 Å². The number of fused-ring (bicyclic) bond motifs is 3. The summed E-state index contributed by atoms with van der Waals surface area (Å²) in [5.41, 5.74) is 2.57. The smallest absolute Gasteiger partial charge is 0.129 e. The van der Waals surface area contributed by atoms with Gasteiger partial charge in [0.1, 0.15) is 12.4 Å². The van der Waals surface area contributed by atoms with Crippen molar-refractivity contribution < 1.29 is 4.74 Å². The van der Waals surface area contributed by atoms with E-state index in [0.717, 1.165) is 5.75 Å². The highest BCUT2D eigenvalue weighted by molar-refractivity contribution is 6.02. The van der Waals surface area contributed by atoms with E-state index < -0.39 is 0 Å². The van der Waals surface area contributed by atoms with E-state index in [0.29, 0.717) is 6.61 Å². The van der Waals surface area contributed by atoms with Gasteiger partial charge >= 0.3 is 0 Å². The fourth-order valence-electron chi connectivity index (χ4n) is 3.35. The lowest BCUT2D eigenvalue weighted by molar-refractivity contribution is 0.359. The molecule has 2 nitrogen and oxygen atoms in total. The molecule has 0 atom stereocenters. The number of rotatable bonds is 1. The first kappa shape index (κ1) is 11.8. The lowest BCUT2D eigenvalue weighted by Crippen LogP contribution is -2.29. The molecule has 0 saturated carbocycles. The van der Waals surface area contributed by atoms with E-state index in [1.54, 1.807) is 0 Å². The van der Waals surface area contributed by atoms with Crippen LogP contribution < -0.4 is 9.64 Å². The summed E-state index contributed by atoms with van der Waals surface area (Å²) in [6.07, 6.45) is 8.24. The third-order valence-corrected chi connectivity index (χ3v) is 4.34. The normalized spacial score (nSPS) is 17.9. The van der Waals surface area contributed by atoms with E-state index in [1.807, 2.05) is 0 Å². The molecule has 2 aliphatic heterocycles. The molecule has 1 saturated heterocycles. The number of benzene rings is 2. The van der Waals surface area contributed by atoms with Gasteiger partial charge in [-0.05, 0) is 30.7 Å². The largest absolute Gasteiger partial charge is 0.489 e. The maximum atomic E-state index is 5.85. The molecule has 0 bridgehead atoms. The Hall–Kier alpha value is -1.96. The van der Waals surface area contributed by atoms with Crippen molar-refractivity contribution in [1.29, 1.82) is 0 Å². The third kappa shape index (κ3) is 1.87. The number of hydrogen-bond acceptors (Lipinski definition) is 2. The molecular formula is C18H19NO. The quantitative estimate of drug-likeness (QED) is 0.765. The van der Waals surface area contributed by atoms with Gasteiger partial charge in [0.25, 0.3) is 0 Å². The lowest BCUT2D eigenvalue weighted by atomic mass is 9.98. The first-order valence-corrected chi connectivity index (χ1v) is 7.53. The molecule has 102 valence electrons. The number of piperidine rings is 1. The van der Waals surface area contributed by atoms with E-state index in [9.17, 15) is 0 Å². The Labute approximate surface area is 119 Å². The highest BCUT2D eigenvalue weighted by Crippen LogP contribution is 2.39. The Morgan fingerprint density at radius 1 is 0.950 bits per heavy atom. The maximum absolute atomic E-state index is 5.85. The predicted molar refractivity (Wildman–Crippen MR) is 84.5 cm³/mol. The highest BCUT2D eigenvalue weighted by atomic mass is 16.5. The summed E-state index contributed by atoms with van der Waals surface area (Å²) >= 11 is 0. The van der Waals surface area contributed by atoms with Crippen molar-refractivity contribution in [2.24, 2.45) is 0 Å². The summed E-state index contributed by atoms with van der Waals surface area (Å²) in [4.78, 5) is 2.52. The number of ether oxygens (including phenoxy) is 1. The molecule has 0 N–H and O–H groups in total. The summed E-state index contributed by atoms with van der Waals surface area (Å²) in [5, 5.41) is 2.66. The second-order valence-corrected chi connectivity index (χ2v) is 5.61. The van der Waals surface area contributed by atoms with Gasteiger partial charge in [0, 0.05) is 35.8 Å². The molecule has 0 aliphatic carbocycles. The van der Waals surface area contributed by atoms with Gasteiger partial charge in [-0.25, -0.2) is 0 Å². The minimum Gasteiger partial charge on any atom is -0.489 e. The van der Waals surface area contributed by atoms with E-state index >= 15 is 0 Å². The van der Waals surface area contributed by atoms with Gasteiger partial charge in [-0.1, -0.05) is 30.3 Å². The second-order valence-electron chi connectivity index (χ2n) is 5.61. The molecule has 2 aliphatic rings. The fraction of sp³-hybridized carbons (Fsp3) is 0.333. The van der Waals surface area contributed by atoms with Gasteiger partial charge in [0.2, 0.25) is 0 Å². The lowest BCUT2D eigenvalue weighted by Gasteiger charge is -2.31. The Morgan fingerprint density at radius 2 is 1.75 bits per heavy atom.